The summed E-state index contributed by atoms with van der Waals surface area (Å²) in [5, 5.41) is 4.24. The third-order valence-corrected chi connectivity index (χ3v) is 4.69. The van der Waals surface area contributed by atoms with Crippen molar-refractivity contribution in [2.45, 2.75) is 38.6 Å². The summed E-state index contributed by atoms with van der Waals surface area (Å²) in [5.74, 6) is 0.851. The van der Waals surface area contributed by atoms with Crippen molar-refractivity contribution >= 4 is 5.91 Å². The molecule has 5 heteroatoms. The SMILES string of the molecule is CC[C@H](C(=O)N1CCC(Cc2cccnc2)CC1)n1cccn1. The van der Waals surface area contributed by atoms with Crippen LogP contribution in [0.1, 0.15) is 37.8 Å². The fourth-order valence-electron chi connectivity index (χ4n) is 3.36. The molecule has 0 bridgehead atoms. The maximum atomic E-state index is 12.7. The van der Waals surface area contributed by atoms with Crippen LogP contribution in [-0.4, -0.2) is 38.7 Å². The third-order valence-electron chi connectivity index (χ3n) is 4.69. The van der Waals surface area contributed by atoms with E-state index < -0.39 is 0 Å². The molecule has 1 saturated heterocycles. The summed E-state index contributed by atoms with van der Waals surface area (Å²) in [7, 11) is 0. The van der Waals surface area contributed by atoms with Crippen molar-refractivity contribution in [1.29, 1.82) is 0 Å². The zero-order chi connectivity index (χ0) is 16.1. The lowest BCUT2D eigenvalue weighted by molar-refractivity contribution is -0.136. The van der Waals surface area contributed by atoms with Crippen LogP contribution in [0.2, 0.25) is 0 Å². The van der Waals surface area contributed by atoms with Crippen molar-refractivity contribution < 1.29 is 4.79 Å². The minimum atomic E-state index is -0.167. The molecule has 2 aromatic rings. The minimum absolute atomic E-state index is 0.167. The topological polar surface area (TPSA) is 51.0 Å². The summed E-state index contributed by atoms with van der Waals surface area (Å²) in [5.41, 5.74) is 1.29. The number of pyridine rings is 1. The highest BCUT2D eigenvalue weighted by atomic mass is 16.2. The smallest absolute Gasteiger partial charge is 0.247 e. The molecule has 3 rings (SSSR count). The number of amides is 1. The molecule has 3 heterocycles. The highest BCUT2D eigenvalue weighted by molar-refractivity contribution is 5.80. The zero-order valence-corrected chi connectivity index (χ0v) is 13.6. The fraction of sp³-hybridized carbons (Fsp3) is 0.500. The van der Waals surface area contributed by atoms with Gasteiger partial charge in [0.1, 0.15) is 6.04 Å². The largest absolute Gasteiger partial charge is 0.341 e. The van der Waals surface area contributed by atoms with E-state index in [-0.39, 0.29) is 11.9 Å². The van der Waals surface area contributed by atoms with Gasteiger partial charge in [-0.25, -0.2) is 0 Å². The lowest BCUT2D eigenvalue weighted by atomic mass is 9.90. The quantitative estimate of drug-likeness (QED) is 0.853. The number of hydrogen-bond donors (Lipinski definition) is 0. The minimum Gasteiger partial charge on any atom is -0.341 e. The Morgan fingerprint density at radius 3 is 2.74 bits per heavy atom. The van der Waals surface area contributed by atoms with E-state index in [2.05, 4.69) is 16.1 Å². The Bertz CT molecular complexity index is 603. The number of nitrogens with zero attached hydrogens (tertiary/aromatic N) is 4. The van der Waals surface area contributed by atoms with Crippen LogP contribution in [0.25, 0.3) is 0 Å². The first-order valence-corrected chi connectivity index (χ1v) is 8.44. The van der Waals surface area contributed by atoms with Crippen LogP contribution < -0.4 is 0 Å². The van der Waals surface area contributed by atoms with Gasteiger partial charge in [-0.05, 0) is 49.3 Å². The molecule has 0 saturated carbocycles. The van der Waals surface area contributed by atoms with Crippen LogP contribution >= 0.6 is 0 Å². The average molecular weight is 312 g/mol. The molecule has 1 amide bonds. The highest BCUT2D eigenvalue weighted by Gasteiger charge is 2.28. The summed E-state index contributed by atoms with van der Waals surface area (Å²) in [6, 6.07) is 5.83. The van der Waals surface area contributed by atoms with E-state index in [1.807, 2.05) is 42.5 Å². The van der Waals surface area contributed by atoms with E-state index in [1.54, 1.807) is 10.9 Å². The molecule has 5 nitrogen and oxygen atoms in total. The summed E-state index contributed by atoms with van der Waals surface area (Å²) >= 11 is 0. The molecule has 1 aliphatic heterocycles. The van der Waals surface area contributed by atoms with E-state index in [0.717, 1.165) is 38.8 Å². The third kappa shape index (κ3) is 3.78. The Hall–Kier alpha value is -2.17. The van der Waals surface area contributed by atoms with Gasteiger partial charge in [0.05, 0.1) is 0 Å². The Morgan fingerprint density at radius 2 is 2.13 bits per heavy atom. The van der Waals surface area contributed by atoms with E-state index in [4.69, 9.17) is 0 Å². The van der Waals surface area contributed by atoms with E-state index in [1.165, 1.54) is 5.56 Å². The highest BCUT2D eigenvalue weighted by Crippen LogP contribution is 2.24. The van der Waals surface area contributed by atoms with E-state index in [0.29, 0.717) is 5.92 Å². The van der Waals surface area contributed by atoms with Gasteiger partial charge >= 0.3 is 0 Å². The van der Waals surface area contributed by atoms with Gasteiger partial charge in [0, 0.05) is 37.9 Å². The Morgan fingerprint density at radius 1 is 1.30 bits per heavy atom. The maximum absolute atomic E-state index is 12.7. The van der Waals surface area contributed by atoms with Crippen LogP contribution in [0.15, 0.2) is 43.0 Å². The molecule has 0 radical (unpaired) electrons. The number of piperidine rings is 1. The van der Waals surface area contributed by atoms with E-state index >= 15 is 0 Å². The summed E-state index contributed by atoms with van der Waals surface area (Å²) in [4.78, 5) is 18.9. The van der Waals surface area contributed by atoms with Gasteiger partial charge in [0.15, 0.2) is 0 Å². The second kappa shape index (κ2) is 7.40. The van der Waals surface area contributed by atoms with Crippen molar-refractivity contribution in [3.8, 4) is 0 Å². The molecule has 0 unspecified atom stereocenters. The molecule has 2 aromatic heterocycles. The zero-order valence-electron chi connectivity index (χ0n) is 13.6. The number of likely N-dealkylation sites (tertiary alicyclic amines) is 1. The van der Waals surface area contributed by atoms with Crippen LogP contribution in [0.5, 0.6) is 0 Å². The van der Waals surface area contributed by atoms with Crippen LogP contribution in [0.4, 0.5) is 0 Å². The molecule has 1 fully saturated rings. The molecule has 0 N–H and O–H groups in total. The van der Waals surface area contributed by atoms with Crippen LogP contribution in [0, 0.1) is 5.92 Å². The monoisotopic (exact) mass is 312 g/mol. The number of rotatable bonds is 5. The Balaban J connectivity index is 1.55. The first kappa shape index (κ1) is 15.7. The molecule has 1 aliphatic rings. The average Bonchev–Trinajstić information content (AvgIpc) is 3.11. The maximum Gasteiger partial charge on any atom is 0.247 e. The molecule has 23 heavy (non-hydrogen) atoms. The number of carbonyl (C=O) groups is 1. The van der Waals surface area contributed by atoms with Gasteiger partial charge in [-0.2, -0.15) is 5.10 Å². The molecule has 1 atom stereocenters. The van der Waals surface area contributed by atoms with Crippen molar-refractivity contribution in [2.75, 3.05) is 13.1 Å². The number of aromatic nitrogens is 3. The standard InChI is InChI=1S/C18H24N4O/c1-2-17(22-10-4-9-20-22)18(23)21-11-6-15(7-12-21)13-16-5-3-8-19-14-16/h3-5,8-10,14-15,17H,2,6-7,11-13H2,1H3/t17-/m1/s1. The fourth-order valence-corrected chi connectivity index (χ4v) is 3.36. The van der Waals surface area contributed by atoms with Crippen LogP contribution in [0.3, 0.4) is 0 Å². The van der Waals surface area contributed by atoms with Crippen molar-refractivity contribution in [3.63, 3.8) is 0 Å². The molecular weight excluding hydrogens is 288 g/mol. The van der Waals surface area contributed by atoms with Crippen LogP contribution in [-0.2, 0) is 11.2 Å². The second-order valence-corrected chi connectivity index (χ2v) is 6.24. The Kier molecular flexibility index (Phi) is 5.05. The molecule has 0 spiro atoms. The first-order chi connectivity index (χ1) is 11.3. The first-order valence-electron chi connectivity index (χ1n) is 8.44. The number of hydrogen-bond acceptors (Lipinski definition) is 3. The van der Waals surface area contributed by atoms with Gasteiger partial charge in [-0.15, -0.1) is 0 Å². The normalized spacial score (nSPS) is 17.2. The van der Waals surface area contributed by atoms with Crippen molar-refractivity contribution in [1.82, 2.24) is 19.7 Å². The van der Waals surface area contributed by atoms with Gasteiger partial charge in [0.2, 0.25) is 5.91 Å². The Labute approximate surface area is 137 Å². The molecule has 0 aromatic carbocycles. The lowest BCUT2D eigenvalue weighted by Gasteiger charge is -2.34. The lowest BCUT2D eigenvalue weighted by Crippen LogP contribution is -2.42. The summed E-state index contributed by atoms with van der Waals surface area (Å²) in [6.45, 7) is 3.74. The predicted molar refractivity (Wildman–Crippen MR) is 88.8 cm³/mol. The van der Waals surface area contributed by atoms with Gasteiger partial charge in [-0.1, -0.05) is 13.0 Å². The second-order valence-electron chi connectivity index (χ2n) is 6.24. The van der Waals surface area contributed by atoms with Gasteiger partial charge in [-0.3, -0.25) is 14.5 Å². The molecule has 0 aliphatic carbocycles. The van der Waals surface area contributed by atoms with Gasteiger partial charge in [0.25, 0.3) is 0 Å². The van der Waals surface area contributed by atoms with Crippen molar-refractivity contribution in [3.05, 3.63) is 48.5 Å². The van der Waals surface area contributed by atoms with Crippen molar-refractivity contribution in [2.24, 2.45) is 5.92 Å². The predicted octanol–water partition coefficient (Wildman–Crippen LogP) is 2.71. The molecule has 122 valence electrons. The summed E-state index contributed by atoms with van der Waals surface area (Å²) in [6.07, 6.45) is 11.3. The summed E-state index contributed by atoms with van der Waals surface area (Å²) < 4.78 is 1.78. The van der Waals surface area contributed by atoms with Gasteiger partial charge < -0.3 is 4.90 Å². The molecular formula is C18H24N4O. The number of carbonyl (C=O) groups excluding carboxylic acids is 1. The van der Waals surface area contributed by atoms with E-state index in [9.17, 15) is 4.79 Å².